The number of nitrogens with two attached hydrogens (primary N) is 1. The Hall–Kier alpha value is -3.30. The van der Waals surface area contributed by atoms with Crippen molar-refractivity contribution >= 4 is 31.1 Å². The fraction of sp³-hybridized carbons (Fsp3) is 0.294. The first-order valence-corrected chi connectivity index (χ1v) is 9.74. The van der Waals surface area contributed by atoms with Crippen molar-refractivity contribution in [1.82, 2.24) is 19.5 Å². The molecule has 0 aliphatic heterocycles. The van der Waals surface area contributed by atoms with Crippen LogP contribution in [0.5, 0.6) is 11.5 Å². The van der Waals surface area contributed by atoms with Crippen molar-refractivity contribution in [3.8, 4) is 11.5 Å². The lowest BCUT2D eigenvalue weighted by molar-refractivity contribution is -0.169. The van der Waals surface area contributed by atoms with Crippen LogP contribution < -0.4 is 19.9 Å². The van der Waals surface area contributed by atoms with Crippen LogP contribution in [0.25, 0.3) is 11.2 Å². The number of fused-ring (bicyclic) bond motifs is 1. The second kappa shape index (κ2) is 8.80. The predicted octanol–water partition coefficient (Wildman–Crippen LogP) is 1.58. The third-order valence-electron chi connectivity index (χ3n) is 3.86. The molecule has 0 bridgehead atoms. The highest BCUT2D eigenvalue weighted by Crippen LogP contribution is 2.33. The van der Waals surface area contributed by atoms with Crippen LogP contribution in [0, 0.1) is 0 Å². The van der Waals surface area contributed by atoms with Gasteiger partial charge in [-0.3, -0.25) is 4.52 Å². The number of ether oxygens (including phenoxy) is 1. The average molecular weight is 418 g/mol. The molecule has 0 saturated carbocycles. The smallest absolute Gasteiger partial charge is 0.395 e. The Labute approximate surface area is 166 Å². The maximum Gasteiger partial charge on any atom is 0.395 e. The van der Waals surface area contributed by atoms with E-state index in [-0.39, 0.29) is 11.9 Å². The van der Waals surface area contributed by atoms with E-state index >= 15 is 0 Å². The van der Waals surface area contributed by atoms with Gasteiger partial charge in [-0.1, -0.05) is 16.9 Å². The summed E-state index contributed by atoms with van der Waals surface area (Å²) in [7, 11) is -2.57. The molecule has 3 rings (SSSR count). The summed E-state index contributed by atoms with van der Waals surface area (Å²) in [6, 6.07) is 5.49. The van der Waals surface area contributed by atoms with Crippen molar-refractivity contribution in [1.29, 1.82) is 0 Å². The van der Waals surface area contributed by atoms with Crippen LogP contribution in [0.1, 0.15) is 13.8 Å². The monoisotopic (exact) mass is 418 g/mol. The van der Waals surface area contributed by atoms with Gasteiger partial charge in [0.1, 0.15) is 17.9 Å². The third-order valence-corrected chi connectivity index (χ3v) is 4.75. The number of nitrogens with zero attached hydrogens (tertiary/aromatic N) is 5. The van der Waals surface area contributed by atoms with Crippen molar-refractivity contribution in [3.05, 3.63) is 36.9 Å². The Morgan fingerprint density at radius 1 is 1.31 bits per heavy atom. The van der Waals surface area contributed by atoms with E-state index in [2.05, 4.69) is 19.7 Å². The summed E-state index contributed by atoms with van der Waals surface area (Å²) in [5, 5.41) is 8.86. The summed E-state index contributed by atoms with van der Waals surface area (Å²) in [5.41, 5.74) is 6.89. The first kappa shape index (κ1) is 20.4. The molecular formula is C17H19N6O5P. The van der Waals surface area contributed by atoms with Gasteiger partial charge in [0, 0.05) is 0 Å². The second-order valence-electron chi connectivity index (χ2n) is 6.16. The number of imidazole rings is 1. The summed E-state index contributed by atoms with van der Waals surface area (Å²) in [5.74, 6) is -0.347. The lowest BCUT2D eigenvalue weighted by Gasteiger charge is -2.16. The van der Waals surface area contributed by atoms with Crippen molar-refractivity contribution in [3.63, 3.8) is 0 Å². The van der Waals surface area contributed by atoms with Crippen molar-refractivity contribution in [2.45, 2.75) is 32.5 Å². The van der Waals surface area contributed by atoms with E-state index in [1.807, 2.05) is 6.92 Å². The highest BCUT2D eigenvalue weighted by atomic mass is 31.1. The zero-order valence-corrected chi connectivity index (χ0v) is 16.6. The fourth-order valence-corrected chi connectivity index (χ4v) is 3.23. The topological polar surface area (TPSA) is 161 Å². The summed E-state index contributed by atoms with van der Waals surface area (Å²) < 4.78 is 16.6. The number of aliphatic carboxylic acids is 1. The molecule has 1 aromatic carbocycles. The zero-order valence-electron chi connectivity index (χ0n) is 15.7. The van der Waals surface area contributed by atoms with E-state index in [1.54, 1.807) is 35.2 Å². The molecule has 2 aromatic heterocycles. The van der Waals surface area contributed by atoms with E-state index < -0.39 is 20.2 Å². The molecule has 0 amide bonds. The average Bonchev–Trinajstić information content (AvgIpc) is 3.07. The third kappa shape index (κ3) is 4.95. The largest absolute Gasteiger partial charge is 0.575 e. The van der Waals surface area contributed by atoms with Crippen LogP contribution in [0.3, 0.4) is 0 Å². The van der Waals surface area contributed by atoms with E-state index in [0.29, 0.717) is 29.3 Å². The van der Waals surface area contributed by atoms with Gasteiger partial charge in [0.2, 0.25) is 5.75 Å². The second-order valence-corrected chi connectivity index (χ2v) is 7.05. The number of hydrogen-bond acceptors (Lipinski definition) is 9. The van der Waals surface area contributed by atoms with Gasteiger partial charge < -0.3 is 25.0 Å². The molecule has 0 fully saturated rings. The Balaban J connectivity index is 1.73. The van der Waals surface area contributed by atoms with Crippen LogP contribution in [0.4, 0.5) is 5.82 Å². The highest BCUT2D eigenvalue weighted by molar-refractivity contribution is 7.34. The standard InChI is InChI=1S/C17H19N6O5P/c1-10(7-23-9-21-14-15(18)19-8-20-16(14)23)27-12-5-3-4-6-13(12)28-29(26)22-11(2)17(24)25/h3-6,8-11H,7H2,1-2H3,(H,24,25)(H2,18,19,20)/t10-,11+/m1/s1. The van der Waals surface area contributed by atoms with Gasteiger partial charge in [-0.2, -0.15) is 0 Å². The van der Waals surface area contributed by atoms with E-state index in [0.717, 1.165) is 0 Å². The number of nitrogen functional groups attached to an aromatic ring is 1. The molecule has 0 aliphatic rings. The first-order valence-electron chi connectivity index (χ1n) is 8.61. The molecule has 29 heavy (non-hydrogen) atoms. The number of carboxylic acids is 1. The van der Waals surface area contributed by atoms with Gasteiger partial charge >= 0.3 is 14.1 Å². The minimum Gasteiger partial charge on any atom is -0.575 e. The number of anilines is 1. The molecule has 0 saturated heterocycles. The molecule has 2 heterocycles. The van der Waals surface area contributed by atoms with Crippen LogP contribution >= 0.6 is 8.17 Å². The minimum absolute atomic E-state index is 0.198. The lowest BCUT2D eigenvalue weighted by atomic mass is 10.3. The zero-order chi connectivity index (χ0) is 21.0. The number of carbonyl (C=O) groups is 1. The normalized spacial score (nSPS) is 13.8. The van der Waals surface area contributed by atoms with Crippen molar-refractivity contribution in [2.24, 2.45) is 4.74 Å². The molecule has 0 spiro atoms. The predicted molar refractivity (Wildman–Crippen MR) is 103 cm³/mol. The number of rotatable bonds is 8. The van der Waals surface area contributed by atoms with Gasteiger partial charge in [0.05, 0.1) is 12.9 Å². The van der Waals surface area contributed by atoms with Crippen molar-refractivity contribution in [2.75, 3.05) is 5.73 Å². The number of aromatic nitrogens is 4. The fourth-order valence-electron chi connectivity index (χ4n) is 2.48. The van der Waals surface area contributed by atoms with Crippen LogP contribution in [0.15, 0.2) is 41.7 Å². The molecule has 3 atom stereocenters. The Kier molecular flexibility index (Phi) is 6.20. The van der Waals surface area contributed by atoms with Gasteiger partial charge in [-0.25, -0.2) is 19.7 Å². The van der Waals surface area contributed by atoms with Gasteiger partial charge in [0.25, 0.3) is 0 Å². The number of hydrogen-bond donors (Lipinski definition) is 2. The summed E-state index contributed by atoms with van der Waals surface area (Å²) in [4.78, 5) is 35.1. The molecule has 152 valence electrons. The highest BCUT2D eigenvalue weighted by Gasteiger charge is 2.18. The number of benzene rings is 1. The minimum atomic E-state index is -2.57. The van der Waals surface area contributed by atoms with Crippen LogP contribution in [-0.2, 0) is 11.3 Å². The quantitative estimate of drug-likeness (QED) is 0.517. The number of carboxylic acid groups (broad SMARTS) is 1. The van der Waals surface area contributed by atoms with E-state index in [4.69, 9.17) is 20.1 Å². The van der Waals surface area contributed by atoms with E-state index in [1.165, 1.54) is 13.3 Å². The maximum absolute atomic E-state index is 12.0. The number of para-hydroxylation sites is 2. The van der Waals surface area contributed by atoms with Gasteiger partial charge in [-0.15, -0.1) is 0 Å². The molecule has 1 unspecified atom stereocenters. The van der Waals surface area contributed by atoms with Crippen molar-refractivity contribution < 1.29 is 24.1 Å². The van der Waals surface area contributed by atoms with Crippen LogP contribution in [-0.4, -0.2) is 42.7 Å². The Bertz CT molecular complexity index is 1060. The SMILES string of the molecule is C[C@H](Cn1cnc2c(N)ncnc21)Oc1ccccc1O[P+]([O-])=N[C@@H](C)C(=O)O. The Morgan fingerprint density at radius 2 is 2.03 bits per heavy atom. The molecule has 0 aliphatic carbocycles. The summed E-state index contributed by atoms with van der Waals surface area (Å²) in [6.45, 7) is 3.56. The molecule has 11 nitrogen and oxygen atoms in total. The molecule has 12 heteroatoms. The first-order chi connectivity index (χ1) is 13.8. The van der Waals surface area contributed by atoms with Crippen LogP contribution in [0.2, 0.25) is 0 Å². The maximum atomic E-state index is 12.0. The lowest BCUT2D eigenvalue weighted by Crippen LogP contribution is -2.19. The molecule has 3 N–H and O–H groups in total. The van der Waals surface area contributed by atoms with Gasteiger partial charge in [0.15, 0.2) is 23.3 Å². The summed E-state index contributed by atoms with van der Waals surface area (Å²) in [6.07, 6.45) is 2.63. The summed E-state index contributed by atoms with van der Waals surface area (Å²) >= 11 is 0. The molecule has 3 aromatic rings. The van der Waals surface area contributed by atoms with E-state index in [9.17, 15) is 9.69 Å². The molecule has 0 radical (unpaired) electrons. The molecular weight excluding hydrogens is 399 g/mol. The van der Waals surface area contributed by atoms with Gasteiger partial charge in [-0.05, 0) is 26.0 Å². The Morgan fingerprint density at radius 3 is 2.76 bits per heavy atom.